The molecule has 1 aromatic carbocycles. The molecule has 0 radical (unpaired) electrons. The maximum Gasteiger partial charge on any atom is 0.101 e. The van der Waals surface area contributed by atoms with Gasteiger partial charge in [-0.15, -0.1) is 0 Å². The maximum atomic E-state index is 4.56. The van der Waals surface area contributed by atoms with Gasteiger partial charge in [-0.05, 0) is 49.2 Å². The molecule has 0 bridgehead atoms. The molecule has 2 nitrogen and oxygen atoms in total. The van der Waals surface area contributed by atoms with Crippen molar-refractivity contribution in [3.63, 3.8) is 0 Å². The van der Waals surface area contributed by atoms with Gasteiger partial charge in [0, 0.05) is 23.2 Å². The topological polar surface area (TPSA) is 24.9 Å². The van der Waals surface area contributed by atoms with Crippen molar-refractivity contribution in [2.75, 3.05) is 0 Å². The Kier molecular flexibility index (Phi) is 5.21. The Morgan fingerprint density at radius 1 is 1.10 bits per heavy atom. The first-order chi connectivity index (χ1) is 9.52. The van der Waals surface area contributed by atoms with Gasteiger partial charge in [0.25, 0.3) is 0 Å². The van der Waals surface area contributed by atoms with Gasteiger partial charge in [0.2, 0.25) is 0 Å². The van der Waals surface area contributed by atoms with Crippen molar-refractivity contribution in [1.29, 1.82) is 0 Å². The fraction of sp³-hybridized carbons (Fsp3) is 0.353. The predicted molar refractivity (Wildman–Crippen MR) is 86.3 cm³/mol. The summed E-state index contributed by atoms with van der Waals surface area (Å²) in [5, 5.41) is 4.49. The van der Waals surface area contributed by atoms with Crippen LogP contribution in [0, 0.1) is 13.8 Å². The van der Waals surface area contributed by atoms with Gasteiger partial charge in [-0.3, -0.25) is 0 Å². The van der Waals surface area contributed by atoms with Crippen LogP contribution < -0.4 is 5.32 Å². The monoisotopic (exact) mass is 286 g/mol. The molecule has 0 saturated carbocycles. The van der Waals surface area contributed by atoms with Crippen LogP contribution in [0.4, 0.5) is 0 Å². The van der Waals surface area contributed by atoms with E-state index in [4.69, 9.17) is 0 Å². The van der Waals surface area contributed by atoms with Crippen molar-refractivity contribution < 1.29 is 0 Å². The standard InChI is InChI=1S/C17H22N2S/c1-12(2)18-11-15-5-7-16(8-6-15)20-17-10-13(3)9-14(4)19-17/h5-10,12,18H,11H2,1-4H3. The highest BCUT2D eigenvalue weighted by Gasteiger charge is 2.02. The molecule has 1 N–H and O–H groups in total. The van der Waals surface area contributed by atoms with E-state index in [1.165, 1.54) is 16.0 Å². The zero-order chi connectivity index (χ0) is 14.5. The van der Waals surface area contributed by atoms with Crippen LogP contribution in [0.1, 0.15) is 30.7 Å². The van der Waals surface area contributed by atoms with Crippen LogP contribution in [-0.2, 0) is 6.54 Å². The van der Waals surface area contributed by atoms with Crippen LogP contribution in [-0.4, -0.2) is 11.0 Å². The highest BCUT2D eigenvalue weighted by atomic mass is 32.2. The smallest absolute Gasteiger partial charge is 0.101 e. The number of aromatic nitrogens is 1. The van der Waals surface area contributed by atoms with Gasteiger partial charge in [0.05, 0.1) is 0 Å². The SMILES string of the molecule is Cc1cc(C)nc(Sc2ccc(CNC(C)C)cc2)c1. The summed E-state index contributed by atoms with van der Waals surface area (Å²) in [6, 6.07) is 13.4. The third kappa shape index (κ3) is 4.66. The molecular formula is C17H22N2S. The first-order valence-corrected chi connectivity index (χ1v) is 7.80. The van der Waals surface area contributed by atoms with Crippen molar-refractivity contribution >= 4 is 11.8 Å². The minimum atomic E-state index is 0.517. The van der Waals surface area contributed by atoms with E-state index in [1.807, 2.05) is 6.92 Å². The number of aryl methyl sites for hydroxylation is 2. The average Bonchev–Trinajstić information content (AvgIpc) is 2.36. The van der Waals surface area contributed by atoms with Crippen LogP contribution >= 0.6 is 11.8 Å². The lowest BCUT2D eigenvalue weighted by Gasteiger charge is -2.09. The zero-order valence-corrected chi connectivity index (χ0v) is 13.4. The minimum absolute atomic E-state index is 0.517. The summed E-state index contributed by atoms with van der Waals surface area (Å²) in [5.74, 6) is 0. The Morgan fingerprint density at radius 2 is 1.80 bits per heavy atom. The molecule has 20 heavy (non-hydrogen) atoms. The fourth-order valence-corrected chi connectivity index (χ4v) is 2.92. The van der Waals surface area contributed by atoms with Crippen LogP contribution in [0.3, 0.4) is 0 Å². The lowest BCUT2D eigenvalue weighted by atomic mass is 10.2. The Bertz CT molecular complexity index is 541. The van der Waals surface area contributed by atoms with E-state index in [0.29, 0.717) is 6.04 Å². The van der Waals surface area contributed by atoms with Gasteiger partial charge in [-0.1, -0.05) is 37.7 Å². The second-order valence-electron chi connectivity index (χ2n) is 5.41. The molecule has 2 rings (SSSR count). The van der Waals surface area contributed by atoms with Crippen LogP contribution in [0.2, 0.25) is 0 Å². The van der Waals surface area contributed by atoms with Gasteiger partial charge < -0.3 is 5.32 Å². The molecule has 0 aliphatic carbocycles. The first-order valence-electron chi connectivity index (χ1n) is 6.98. The molecule has 0 unspecified atom stereocenters. The summed E-state index contributed by atoms with van der Waals surface area (Å²) in [6.45, 7) is 9.40. The zero-order valence-electron chi connectivity index (χ0n) is 12.6. The molecule has 0 aliphatic heterocycles. The van der Waals surface area contributed by atoms with Gasteiger partial charge in [-0.25, -0.2) is 4.98 Å². The normalized spacial score (nSPS) is 11.1. The summed E-state index contributed by atoms with van der Waals surface area (Å²) < 4.78 is 0. The molecule has 3 heteroatoms. The van der Waals surface area contributed by atoms with E-state index in [2.05, 4.69) is 67.5 Å². The lowest BCUT2D eigenvalue weighted by molar-refractivity contribution is 0.588. The van der Waals surface area contributed by atoms with E-state index >= 15 is 0 Å². The fourth-order valence-electron chi connectivity index (χ4n) is 1.97. The van der Waals surface area contributed by atoms with Crippen molar-refractivity contribution in [1.82, 2.24) is 10.3 Å². The molecule has 106 valence electrons. The third-order valence-corrected chi connectivity index (χ3v) is 3.86. The maximum absolute atomic E-state index is 4.56. The quantitative estimate of drug-likeness (QED) is 0.884. The third-order valence-electron chi connectivity index (χ3n) is 2.93. The van der Waals surface area contributed by atoms with Crippen LogP contribution in [0.25, 0.3) is 0 Å². The lowest BCUT2D eigenvalue weighted by Crippen LogP contribution is -2.21. The number of hydrogen-bond donors (Lipinski definition) is 1. The minimum Gasteiger partial charge on any atom is -0.310 e. The van der Waals surface area contributed by atoms with Crippen LogP contribution in [0.5, 0.6) is 0 Å². The molecule has 0 aliphatic rings. The average molecular weight is 286 g/mol. The van der Waals surface area contributed by atoms with Crippen LogP contribution in [0.15, 0.2) is 46.3 Å². The Balaban J connectivity index is 2.03. The Morgan fingerprint density at radius 3 is 2.40 bits per heavy atom. The van der Waals surface area contributed by atoms with E-state index in [9.17, 15) is 0 Å². The molecule has 0 saturated heterocycles. The van der Waals surface area contributed by atoms with Gasteiger partial charge in [0.15, 0.2) is 0 Å². The Hall–Kier alpha value is -1.32. The van der Waals surface area contributed by atoms with E-state index in [1.54, 1.807) is 11.8 Å². The summed E-state index contributed by atoms with van der Waals surface area (Å²) in [4.78, 5) is 5.79. The number of hydrogen-bond acceptors (Lipinski definition) is 3. The first kappa shape index (κ1) is 15.1. The second kappa shape index (κ2) is 6.91. The number of benzene rings is 1. The van der Waals surface area contributed by atoms with E-state index in [0.717, 1.165) is 17.3 Å². The molecule has 0 spiro atoms. The highest BCUT2D eigenvalue weighted by molar-refractivity contribution is 7.99. The number of nitrogens with zero attached hydrogens (tertiary/aromatic N) is 1. The second-order valence-corrected chi connectivity index (χ2v) is 6.50. The summed E-state index contributed by atoms with van der Waals surface area (Å²) in [6.07, 6.45) is 0. The van der Waals surface area contributed by atoms with Gasteiger partial charge in [0.1, 0.15) is 5.03 Å². The molecule has 2 aromatic rings. The molecule has 1 heterocycles. The Labute approximate surface area is 126 Å². The summed E-state index contributed by atoms with van der Waals surface area (Å²) in [7, 11) is 0. The molecular weight excluding hydrogens is 264 g/mol. The number of nitrogens with one attached hydrogen (secondary N) is 1. The highest BCUT2D eigenvalue weighted by Crippen LogP contribution is 2.27. The number of pyridine rings is 1. The van der Waals surface area contributed by atoms with E-state index in [-0.39, 0.29) is 0 Å². The van der Waals surface area contributed by atoms with Crippen molar-refractivity contribution in [2.45, 2.75) is 50.2 Å². The van der Waals surface area contributed by atoms with E-state index < -0.39 is 0 Å². The van der Waals surface area contributed by atoms with Gasteiger partial charge >= 0.3 is 0 Å². The van der Waals surface area contributed by atoms with Crippen molar-refractivity contribution in [2.24, 2.45) is 0 Å². The largest absolute Gasteiger partial charge is 0.310 e. The van der Waals surface area contributed by atoms with Gasteiger partial charge in [-0.2, -0.15) is 0 Å². The molecule has 0 fully saturated rings. The molecule has 1 aromatic heterocycles. The van der Waals surface area contributed by atoms with Crippen molar-refractivity contribution in [3.8, 4) is 0 Å². The predicted octanol–water partition coefficient (Wildman–Crippen LogP) is 4.35. The summed E-state index contributed by atoms with van der Waals surface area (Å²) >= 11 is 1.72. The molecule has 0 amide bonds. The number of rotatable bonds is 5. The summed E-state index contributed by atoms with van der Waals surface area (Å²) in [5.41, 5.74) is 3.65. The molecule has 0 atom stereocenters. The van der Waals surface area contributed by atoms with Crippen molar-refractivity contribution in [3.05, 3.63) is 53.2 Å².